The zero-order chi connectivity index (χ0) is 87.5. The molecule has 0 saturated heterocycles. The summed E-state index contributed by atoms with van der Waals surface area (Å²) in [5.41, 5.74) is 10.9. The number of nitrogens with zero attached hydrogens (tertiary/aromatic N) is 9. The third-order valence-electron chi connectivity index (χ3n) is 22.8. The van der Waals surface area contributed by atoms with Crippen molar-refractivity contribution in [2.24, 2.45) is 0 Å². The zero-order valence-corrected chi connectivity index (χ0v) is 76.7. The average Bonchev–Trinajstić information content (AvgIpc) is 1.20. The van der Waals surface area contributed by atoms with E-state index in [4.69, 9.17) is 63.1 Å². The first-order chi connectivity index (χ1) is 56.8. The van der Waals surface area contributed by atoms with Crippen LogP contribution in [0.5, 0.6) is 23.3 Å². The topological polar surface area (TPSA) is 218 Å². The number of methoxy groups -OCH3 is 2. The number of halogens is 4. The number of ether oxygens (including phenoxy) is 7. The van der Waals surface area contributed by atoms with Gasteiger partial charge in [0.2, 0.25) is 11.8 Å². The molecule has 6 aromatic carbocycles. The molecule has 2 atom stereocenters. The molecule has 20 nitrogen and oxygen atoms in total. The lowest BCUT2D eigenvalue weighted by molar-refractivity contribution is 0.0511. The Hall–Kier alpha value is -9.95. The number of carboxylic acid groups (broad SMARTS) is 1. The number of pyridine rings is 2. The van der Waals surface area contributed by atoms with Crippen LogP contribution >= 0.6 is 23.5 Å². The molecule has 0 fully saturated rings. The molecule has 0 bridgehead atoms. The minimum atomic E-state index is -2.32. The molecule has 0 aliphatic carbocycles. The van der Waals surface area contributed by atoms with Crippen LogP contribution in [0.3, 0.4) is 0 Å². The standard InChI is InChI=1S/2C46H55F2N5O5SSi/c1-26(2)60(27(3)4,28(5)6)22-19-33-35(47)18-17-30-23-31(58-25-56-11)24-34(37(30)33)40-39(48)41-38-42(51-44(50-41)59-12)52(20-21-57-43(38)49-40)29(7)32-15-13-14-16-36(32)53(45(54)55)46(8,9)10;1-26(2)60(27(3)4,28(5)6)22-19-33-35(47)18-17-30-23-31(57-25-55-11)24-34(37(30)33)40-39(48)41-38-42(52-44(51-41)59-12)53(20-21-56-43(38)50-40)29(7)32-15-13-14-16-36(32)49-45(54)58-46(8,9)10/h13-18,23-24,26-29H,20-21,25H2,1-12H3,(H,54,55);13-18,23-24,26-29H,20-21,25H2,1-12H3,(H,49,54). The fraction of sp³-hybridized carbons (Fsp3) is 0.435. The van der Waals surface area contributed by atoms with Gasteiger partial charge in [-0.15, -0.1) is 11.1 Å². The molecule has 120 heavy (non-hydrogen) atoms. The predicted molar refractivity (Wildman–Crippen MR) is 480 cm³/mol. The number of carbonyl (C=O) groups excluding carboxylic acids is 1. The summed E-state index contributed by atoms with van der Waals surface area (Å²) in [6, 6.07) is 26.8. The molecule has 2 aliphatic heterocycles. The highest BCUT2D eigenvalue weighted by molar-refractivity contribution is 7.98. The molecule has 2 unspecified atom stereocenters. The van der Waals surface area contributed by atoms with E-state index in [1.54, 1.807) is 69.3 Å². The van der Waals surface area contributed by atoms with Crippen LogP contribution in [0.25, 0.3) is 65.9 Å². The Bertz CT molecular complexity index is 5620. The summed E-state index contributed by atoms with van der Waals surface area (Å²) in [5, 5.41) is 16.4. The van der Waals surface area contributed by atoms with Gasteiger partial charge in [0.15, 0.2) is 35.5 Å². The number of amides is 2. The molecule has 0 spiro atoms. The number of carbonyl (C=O) groups is 2. The summed E-state index contributed by atoms with van der Waals surface area (Å²) in [6.07, 6.45) is 1.96. The number of thioether (sulfide) groups is 2. The fourth-order valence-electron chi connectivity index (χ4n) is 17.4. The number of hydrogen-bond donors (Lipinski definition) is 2. The van der Waals surface area contributed by atoms with Crippen LogP contribution in [-0.4, -0.2) is 141 Å². The van der Waals surface area contributed by atoms with E-state index in [9.17, 15) is 14.7 Å². The first-order valence-electron chi connectivity index (χ1n) is 40.5. The third-order valence-corrected chi connectivity index (χ3v) is 36.4. The number of rotatable bonds is 22. The van der Waals surface area contributed by atoms with E-state index >= 15 is 17.6 Å². The SMILES string of the molecule is COCOc1cc(-c2nc3c4c(nc(SC)nc4c2F)N(C(C)c2ccccc2N(C(=O)O)C(C)(C)C)CCO3)c2c(C#C[Si](C(C)C)(C(C)C)C(C)C)c(F)ccc2c1.COCOc1cc(-c2nc3c4c(nc(SC)nc4c2F)N(C(C)c2ccccc2NC(=O)OC(C)(C)C)CCO3)c2c(C#C[Si](C(C)C)(C(C)C)C(C)C)c(F)ccc2c1. The van der Waals surface area contributed by atoms with Gasteiger partial charge in [0.25, 0.3) is 0 Å². The summed E-state index contributed by atoms with van der Waals surface area (Å²) in [6.45, 7) is 42.1. The Balaban J connectivity index is 0.000000235. The summed E-state index contributed by atoms with van der Waals surface area (Å²) in [7, 11) is -1.62. The zero-order valence-electron chi connectivity index (χ0n) is 73.1. The lowest BCUT2D eigenvalue weighted by Gasteiger charge is -2.38. The van der Waals surface area contributed by atoms with Crippen molar-refractivity contribution in [1.82, 2.24) is 29.9 Å². The second-order valence-corrected chi connectivity index (χ2v) is 46.8. The van der Waals surface area contributed by atoms with Crippen LogP contribution in [0, 0.1) is 46.2 Å². The molecular formula is C92H110F4N10O10S2Si2. The number of nitrogens with one attached hydrogen (secondary N) is 1. The van der Waals surface area contributed by atoms with Gasteiger partial charge in [0, 0.05) is 47.3 Å². The molecule has 4 aromatic heterocycles. The van der Waals surface area contributed by atoms with Crippen molar-refractivity contribution >= 4 is 118 Å². The fourth-order valence-corrected chi connectivity index (χ4v) is 28.5. The lowest BCUT2D eigenvalue weighted by atomic mass is 9.95. The van der Waals surface area contributed by atoms with Crippen molar-refractivity contribution in [2.45, 2.75) is 205 Å². The van der Waals surface area contributed by atoms with Crippen molar-refractivity contribution in [3.05, 3.63) is 143 Å². The first-order valence-corrected chi connectivity index (χ1v) is 47.4. The number of fused-ring (bicyclic) bond motifs is 2. The molecule has 0 radical (unpaired) electrons. The maximum absolute atomic E-state index is 17.7. The molecule has 2 aliphatic rings. The van der Waals surface area contributed by atoms with Crippen LogP contribution in [0.15, 0.2) is 107 Å². The smallest absolute Gasteiger partial charge is 0.412 e. The number of anilines is 4. The first kappa shape index (κ1) is 90.8. The highest BCUT2D eigenvalue weighted by atomic mass is 32.2. The van der Waals surface area contributed by atoms with E-state index in [-0.39, 0.29) is 94.7 Å². The van der Waals surface area contributed by atoms with E-state index in [1.807, 2.05) is 93.3 Å². The molecule has 6 heterocycles. The van der Waals surface area contributed by atoms with Gasteiger partial charge in [0.1, 0.15) is 103 Å². The second kappa shape index (κ2) is 37.2. The van der Waals surface area contributed by atoms with Gasteiger partial charge in [-0.2, -0.15) is 0 Å². The predicted octanol–water partition coefficient (Wildman–Crippen LogP) is 23.3. The van der Waals surface area contributed by atoms with Gasteiger partial charge < -0.3 is 48.1 Å². The van der Waals surface area contributed by atoms with Gasteiger partial charge >= 0.3 is 12.2 Å². The van der Waals surface area contributed by atoms with Crippen molar-refractivity contribution in [3.8, 4) is 68.7 Å². The largest absolute Gasteiger partial charge is 0.475 e. The van der Waals surface area contributed by atoms with Crippen LogP contribution in [0.1, 0.15) is 173 Å². The van der Waals surface area contributed by atoms with Crippen molar-refractivity contribution < 1.29 is 65.4 Å². The van der Waals surface area contributed by atoms with Crippen molar-refractivity contribution in [1.29, 1.82) is 0 Å². The summed E-state index contributed by atoms with van der Waals surface area (Å²) < 4.78 is 109. The molecular weight excluding hydrogens is 1600 g/mol. The Kier molecular flexibility index (Phi) is 28.1. The molecule has 2 N–H and O–H groups in total. The summed E-state index contributed by atoms with van der Waals surface area (Å²) in [4.78, 5) is 59.9. The minimum absolute atomic E-state index is 0.00476. The quantitative estimate of drug-likeness (QED) is 0.0161. The summed E-state index contributed by atoms with van der Waals surface area (Å²) >= 11 is 2.53. The molecule has 10 aromatic rings. The van der Waals surface area contributed by atoms with Crippen LogP contribution in [-0.2, 0) is 14.2 Å². The average molecular weight is 1710 g/mol. The molecule has 28 heteroatoms. The monoisotopic (exact) mass is 1710 g/mol. The van der Waals surface area contributed by atoms with E-state index in [2.05, 4.69) is 111 Å². The van der Waals surface area contributed by atoms with E-state index in [0.717, 1.165) is 11.1 Å². The Morgan fingerprint density at radius 3 is 1.33 bits per heavy atom. The minimum Gasteiger partial charge on any atom is -0.475 e. The lowest BCUT2D eigenvalue weighted by Crippen LogP contribution is -2.46. The maximum Gasteiger partial charge on any atom is 0.412 e. The van der Waals surface area contributed by atoms with Crippen LogP contribution < -0.4 is 39.0 Å². The molecule has 0 saturated carbocycles. The normalized spacial score (nSPS) is 13.7. The van der Waals surface area contributed by atoms with E-state index in [0.29, 0.717) is 118 Å². The maximum atomic E-state index is 17.7. The number of para-hydroxylation sites is 2. The number of aromatic nitrogens is 6. The van der Waals surface area contributed by atoms with Gasteiger partial charge in [-0.05, 0) is 172 Å². The summed E-state index contributed by atoms with van der Waals surface area (Å²) in [5.74, 6) is 5.93. The number of benzene rings is 6. The second-order valence-electron chi connectivity index (χ2n) is 34.1. The molecule has 636 valence electrons. The van der Waals surface area contributed by atoms with E-state index in [1.165, 1.54) is 54.8 Å². The number of hydrogen-bond acceptors (Lipinski definition) is 19. The Labute approximate surface area is 712 Å². The molecule has 12 rings (SSSR count). The van der Waals surface area contributed by atoms with Crippen molar-refractivity contribution in [2.75, 3.05) is 86.6 Å². The Morgan fingerprint density at radius 2 is 0.950 bits per heavy atom. The van der Waals surface area contributed by atoms with E-state index < -0.39 is 68.8 Å². The van der Waals surface area contributed by atoms with Gasteiger partial charge in [0.05, 0.1) is 42.0 Å². The molecule has 2 amide bonds. The highest BCUT2D eigenvalue weighted by Gasteiger charge is 2.44. The van der Waals surface area contributed by atoms with Crippen LogP contribution in [0.4, 0.5) is 50.2 Å². The van der Waals surface area contributed by atoms with Gasteiger partial charge in [-0.3, -0.25) is 10.2 Å². The highest BCUT2D eigenvalue weighted by Crippen LogP contribution is 2.50. The van der Waals surface area contributed by atoms with Crippen LogP contribution in [0.2, 0.25) is 33.2 Å². The van der Waals surface area contributed by atoms with Gasteiger partial charge in [-0.25, -0.2) is 57.1 Å². The van der Waals surface area contributed by atoms with Gasteiger partial charge in [-0.1, -0.05) is 167 Å². The third kappa shape index (κ3) is 18.2. The van der Waals surface area contributed by atoms with Crippen molar-refractivity contribution in [3.63, 3.8) is 0 Å². The Morgan fingerprint density at radius 1 is 0.550 bits per heavy atom.